The Morgan fingerprint density at radius 1 is 1.09 bits per heavy atom. The molecule has 1 atom stereocenters. The highest BCUT2D eigenvalue weighted by atomic mass is 35.5. The zero-order valence-electron chi connectivity index (χ0n) is 19.3. The van der Waals surface area contributed by atoms with Gasteiger partial charge in [0.2, 0.25) is 0 Å². The van der Waals surface area contributed by atoms with E-state index in [-0.39, 0.29) is 11.7 Å². The number of pyridine rings is 1. The lowest BCUT2D eigenvalue weighted by atomic mass is 9.97. The van der Waals surface area contributed by atoms with Crippen molar-refractivity contribution in [2.75, 3.05) is 0 Å². The van der Waals surface area contributed by atoms with Crippen molar-refractivity contribution in [1.29, 1.82) is 0 Å². The van der Waals surface area contributed by atoms with Gasteiger partial charge >= 0.3 is 0 Å². The molecule has 2 heterocycles. The van der Waals surface area contributed by atoms with Gasteiger partial charge in [0.25, 0.3) is 5.91 Å². The number of rotatable bonds is 10. The first-order valence-corrected chi connectivity index (χ1v) is 11.7. The third kappa shape index (κ3) is 6.58. The van der Waals surface area contributed by atoms with Gasteiger partial charge in [0.15, 0.2) is 5.78 Å². The number of hydrogen-bond acceptors (Lipinski definition) is 6. The van der Waals surface area contributed by atoms with E-state index in [1.54, 1.807) is 29.1 Å². The highest BCUT2D eigenvalue weighted by Gasteiger charge is 2.22. The fraction of sp³-hybridized carbons (Fsp3) is 0.231. The lowest BCUT2D eigenvalue weighted by Crippen LogP contribution is -2.42. The van der Waals surface area contributed by atoms with Crippen LogP contribution in [-0.2, 0) is 17.6 Å². The molecule has 0 saturated carbocycles. The van der Waals surface area contributed by atoms with Crippen LogP contribution >= 0.6 is 11.6 Å². The van der Waals surface area contributed by atoms with E-state index in [2.05, 4.69) is 25.8 Å². The van der Waals surface area contributed by atoms with Crippen LogP contribution in [0.2, 0.25) is 5.02 Å². The summed E-state index contributed by atoms with van der Waals surface area (Å²) in [6.07, 6.45) is 5.02. The third-order valence-corrected chi connectivity index (χ3v) is 5.88. The first kappa shape index (κ1) is 24.2. The normalized spacial score (nSPS) is 11.7. The van der Waals surface area contributed by atoms with Crippen molar-refractivity contribution in [2.45, 2.75) is 38.6 Å². The Labute approximate surface area is 208 Å². The van der Waals surface area contributed by atoms with Gasteiger partial charge < -0.3 is 5.32 Å². The monoisotopic (exact) mass is 488 g/mol. The number of nitrogens with one attached hydrogen (secondary N) is 1. The van der Waals surface area contributed by atoms with E-state index in [4.69, 9.17) is 11.6 Å². The van der Waals surface area contributed by atoms with Gasteiger partial charge in [-0.05, 0) is 78.1 Å². The van der Waals surface area contributed by atoms with Crippen LogP contribution in [0.1, 0.15) is 40.0 Å². The van der Waals surface area contributed by atoms with Crippen molar-refractivity contribution in [3.63, 3.8) is 0 Å². The average Bonchev–Trinajstić information content (AvgIpc) is 3.39. The van der Waals surface area contributed by atoms with Gasteiger partial charge in [-0.1, -0.05) is 41.9 Å². The zero-order valence-corrected chi connectivity index (χ0v) is 20.0. The number of benzene rings is 2. The third-order valence-electron chi connectivity index (χ3n) is 5.64. The number of ketones is 1. The molecule has 8 nitrogen and oxygen atoms in total. The van der Waals surface area contributed by atoms with Gasteiger partial charge in [0.1, 0.15) is 6.33 Å². The molecule has 0 bridgehead atoms. The van der Waals surface area contributed by atoms with E-state index in [1.807, 2.05) is 49.4 Å². The zero-order chi connectivity index (χ0) is 24.6. The van der Waals surface area contributed by atoms with Crippen molar-refractivity contribution < 1.29 is 9.59 Å². The first-order chi connectivity index (χ1) is 17.0. The number of carbonyl (C=O) groups is 2. The molecule has 4 aromatic rings. The first-order valence-electron chi connectivity index (χ1n) is 11.3. The quantitative estimate of drug-likeness (QED) is 0.362. The maximum atomic E-state index is 13.3. The van der Waals surface area contributed by atoms with E-state index in [9.17, 15) is 9.59 Å². The van der Waals surface area contributed by atoms with Crippen molar-refractivity contribution >= 4 is 23.3 Å². The van der Waals surface area contributed by atoms with Crippen molar-refractivity contribution in [2.24, 2.45) is 0 Å². The number of hydrogen-bond donors (Lipinski definition) is 1. The number of tetrazole rings is 1. The maximum Gasteiger partial charge on any atom is 0.251 e. The van der Waals surface area contributed by atoms with Crippen LogP contribution in [0, 0.1) is 6.92 Å². The fourth-order valence-electron chi connectivity index (χ4n) is 3.90. The predicted molar refractivity (Wildman–Crippen MR) is 132 cm³/mol. The number of nitrogens with zero attached hydrogens (tertiary/aromatic N) is 5. The summed E-state index contributed by atoms with van der Waals surface area (Å²) in [5.41, 5.74) is 3.95. The van der Waals surface area contributed by atoms with Crippen molar-refractivity contribution in [3.8, 4) is 5.69 Å². The molecular weight excluding hydrogens is 464 g/mol. The predicted octanol–water partition coefficient (Wildman–Crippen LogP) is 3.95. The van der Waals surface area contributed by atoms with Crippen LogP contribution in [0.3, 0.4) is 0 Å². The smallest absolute Gasteiger partial charge is 0.251 e. The van der Waals surface area contributed by atoms with Crippen LogP contribution in [0.5, 0.6) is 0 Å². The van der Waals surface area contributed by atoms with Crippen LogP contribution in [0.25, 0.3) is 5.69 Å². The second-order valence-electron chi connectivity index (χ2n) is 8.25. The minimum atomic E-state index is -0.642. The summed E-state index contributed by atoms with van der Waals surface area (Å²) >= 11 is 6.21. The van der Waals surface area contributed by atoms with Gasteiger partial charge in [0, 0.05) is 28.9 Å². The highest BCUT2D eigenvalue weighted by molar-refractivity contribution is 6.30. The molecule has 0 aliphatic rings. The number of Topliss-reactive ketones (excluding diaryl/α,β-unsaturated/α-hetero) is 1. The summed E-state index contributed by atoms with van der Waals surface area (Å²) in [6.45, 7) is 1.82. The maximum absolute atomic E-state index is 13.3. The lowest BCUT2D eigenvalue weighted by molar-refractivity contribution is -0.121. The van der Waals surface area contributed by atoms with E-state index in [1.165, 1.54) is 6.33 Å². The Morgan fingerprint density at radius 2 is 1.91 bits per heavy atom. The summed E-state index contributed by atoms with van der Waals surface area (Å²) in [5, 5.41) is 14.9. The summed E-state index contributed by atoms with van der Waals surface area (Å²) < 4.78 is 1.57. The molecule has 2 aromatic heterocycles. The molecule has 35 heavy (non-hydrogen) atoms. The molecular formula is C26H25ClN6O2. The molecule has 0 unspecified atom stereocenters. The van der Waals surface area contributed by atoms with Gasteiger partial charge in [-0.25, -0.2) is 4.68 Å². The molecule has 0 radical (unpaired) electrons. The molecule has 178 valence electrons. The Morgan fingerprint density at radius 3 is 2.66 bits per heavy atom. The van der Waals surface area contributed by atoms with Crippen LogP contribution in [-0.4, -0.2) is 42.9 Å². The molecule has 0 aliphatic carbocycles. The molecule has 1 amide bonds. The summed E-state index contributed by atoms with van der Waals surface area (Å²) in [6, 6.07) is 17.9. The highest BCUT2D eigenvalue weighted by Crippen LogP contribution is 2.21. The Kier molecular flexibility index (Phi) is 7.95. The standard InChI is InChI=1S/C26H25ClN6O2/c1-18-14-21(12-13-28-18)26(35)30-23(15-19-6-3-2-4-7-19)25(34)9-5-8-20-16-22(27)10-11-24(20)33-17-29-31-32-33/h2-4,6-7,10-14,16-17,23H,5,8-9,15H2,1H3,(H,30,35)/t23-/m0/s1. The lowest BCUT2D eigenvalue weighted by Gasteiger charge is -2.18. The number of carbonyl (C=O) groups excluding carboxylic acids is 2. The topological polar surface area (TPSA) is 103 Å². The molecule has 1 N–H and O–H groups in total. The van der Waals surface area contributed by atoms with E-state index < -0.39 is 6.04 Å². The SMILES string of the molecule is Cc1cc(C(=O)N[C@@H](Cc2ccccc2)C(=O)CCCc2cc(Cl)ccc2-n2cnnn2)ccn1. The minimum absolute atomic E-state index is 0.0287. The molecule has 0 saturated heterocycles. The largest absolute Gasteiger partial charge is 0.342 e. The fourth-order valence-corrected chi connectivity index (χ4v) is 4.10. The van der Waals surface area contributed by atoms with Gasteiger partial charge in [-0.15, -0.1) is 5.10 Å². The van der Waals surface area contributed by atoms with Gasteiger partial charge in [-0.2, -0.15) is 0 Å². The molecule has 2 aromatic carbocycles. The molecule has 4 rings (SSSR count). The van der Waals surface area contributed by atoms with Gasteiger partial charge in [-0.3, -0.25) is 14.6 Å². The Hall–Kier alpha value is -3.91. The number of aromatic nitrogens is 5. The second kappa shape index (κ2) is 11.5. The second-order valence-corrected chi connectivity index (χ2v) is 8.69. The number of aryl methyl sites for hydroxylation is 2. The Bertz CT molecular complexity index is 1290. The minimum Gasteiger partial charge on any atom is -0.342 e. The van der Waals surface area contributed by atoms with Crippen molar-refractivity contribution in [1.82, 2.24) is 30.5 Å². The van der Waals surface area contributed by atoms with Crippen LogP contribution < -0.4 is 5.32 Å². The van der Waals surface area contributed by atoms with Crippen molar-refractivity contribution in [3.05, 3.63) is 101 Å². The molecule has 0 spiro atoms. The van der Waals surface area contributed by atoms with E-state index in [0.29, 0.717) is 36.3 Å². The summed E-state index contributed by atoms with van der Waals surface area (Å²) in [4.78, 5) is 30.3. The molecule has 9 heteroatoms. The molecule has 0 fully saturated rings. The van der Waals surface area contributed by atoms with Gasteiger partial charge in [0.05, 0.1) is 11.7 Å². The summed E-state index contributed by atoms with van der Waals surface area (Å²) in [7, 11) is 0. The van der Waals surface area contributed by atoms with Crippen LogP contribution in [0.4, 0.5) is 0 Å². The molecule has 0 aliphatic heterocycles. The van der Waals surface area contributed by atoms with E-state index in [0.717, 1.165) is 22.5 Å². The Balaban J connectivity index is 1.45. The average molecular weight is 489 g/mol. The summed E-state index contributed by atoms with van der Waals surface area (Å²) in [5.74, 6) is -0.320. The van der Waals surface area contributed by atoms with E-state index >= 15 is 0 Å². The number of amides is 1. The number of halogens is 1. The van der Waals surface area contributed by atoms with Crippen LogP contribution in [0.15, 0.2) is 73.2 Å².